The number of carbonyl (C=O) groups excluding carboxylic acids is 1. The summed E-state index contributed by atoms with van der Waals surface area (Å²) in [4.78, 5) is 14.2. The molecule has 0 saturated carbocycles. The zero-order valence-electron chi connectivity index (χ0n) is 12.8. The van der Waals surface area contributed by atoms with Crippen LogP contribution in [0.25, 0.3) is 0 Å². The van der Waals surface area contributed by atoms with E-state index < -0.39 is 11.9 Å². The second kappa shape index (κ2) is 6.83. The van der Waals surface area contributed by atoms with Gasteiger partial charge in [-0.15, -0.1) is 0 Å². The number of nitrogens with zero attached hydrogens (tertiary/aromatic N) is 1. The average Bonchev–Trinajstić information content (AvgIpc) is 3.25. The molecule has 1 fully saturated rings. The molecule has 0 N–H and O–H groups in total. The van der Waals surface area contributed by atoms with Crippen molar-refractivity contribution in [2.75, 3.05) is 18.6 Å². The molecule has 2 aromatic rings. The van der Waals surface area contributed by atoms with Crippen molar-refractivity contribution in [2.24, 2.45) is 0 Å². The molecule has 1 saturated heterocycles. The molecule has 1 unspecified atom stereocenters. The van der Waals surface area contributed by atoms with Crippen LogP contribution in [-0.4, -0.2) is 25.7 Å². The summed E-state index contributed by atoms with van der Waals surface area (Å²) < 4.78 is 29.7. The fourth-order valence-electron chi connectivity index (χ4n) is 2.62. The van der Waals surface area contributed by atoms with Gasteiger partial charge in [0.2, 0.25) is 0 Å². The van der Waals surface area contributed by atoms with Crippen molar-refractivity contribution < 1.29 is 23.1 Å². The highest BCUT2D eigenvalue weighted by atomic mass is 19.1. The third-order valence-electron chi connectivity index (χ3n) is 3.81. The lowest BCUT2D eigenvalue weighted by Gasteiger charge is -2.25. The molecule has 122 valence electrons. The summed E-state index contributed by atoms with van der Waals surface area (Å²) >= 11 is 0. The first-order valence-electron chi connectivity index (χ1n) is 7.48. The Labute approximate surface area is 133 Å². The van der Waals surface area contributed by atoms with Gasteiger partial charge in [0.25, 0.3) is 5.91 Å². The summed E-state index contributed by atoms with van der Waals surface area (Å²) in [6.07, 6.45) is 2.57. The molecule has 5 nitrogen and oxygen atoms in total. The molecule has 0 bridgehead atoms. The average molecular weight is 319 g/mol. The Morgan fingerprint density at radius 1 is 1.43 bits per heavy atom. The van der Waals surface area contributed by atoms with Crippen molar-refractivity contribution >= 4 is 11.6 Å². The number of hydrogen-bond donors (Lipinski definition) is 0. The maximum atomic E-state index is 14.0. The van der Waals surface area contributed by atoms with E-state index in [0.717, 1.165) is 6.42 Å². The van der Waals surface area contributed by atoms with E-state index in [0.29, 0.717) is 24.5 Å². The molecule has 6 heteroatoms. The Kier molecular flexibility index (Phi) is 4.62. The number of benzene rings is 1. The predicted octanol–water partition coefficient (Wildman–Crippen LogP) is 3.14. The van der Waals surface area contributed by atoms with E-state index in [-0.39, 0.29) is 18.2 Å². The van der Waals surface area contributed by atoms with Crippen LogP contribution in [0.3, 0.4) is 0 Å². The van der Waals surface area contributed by atoms with E-state index in [1.807, 2.05) is 0 Å². The molecule has 1 aliphatic heterocycles. The van der Waals surface area contributed by atoms with E-state index in [2.05, 4.69) is 0 Å². The Balaban J connectivity index is 1.90. The van der Waals surface area contributed by atoms with Gasteiger partial charge in [-0.1, -0.05) is 0 Å². The van der Waals surface area contributed by atoms with Crippen LogP contribution in [0, 0.1) is 5.82 Å². The summed E-state index contributed by atoms with van der Waals surface area (Å²) in [7, 11) is 1.40. The van der Waals surface area contributed by atoms with Gasteiger partial charge < -0.3 is 18.8 Å². The summed E-state index contributed by atoms with van der Waals surface area (Å²) in [5.74, 6) is 0.0434. The molecule has 1 atom stereocenters. The van der Waals surface area contributed by atoms with Crippen LogP contribution < -0.4 is 9.64 Å². The third-order valence-corrected chi connectivity index (χ3v) is 3.81. The molecule has 3 rings (SSSR count). The van der Waals surface area contributed by atoms with Crippen molar-refractivity contribution in [2.45, 2.75) is 25.5 Å². The molecule has 0 spiro atoms. The molecule has 2 heterocycles. The van der Waals surface area contributed by atoms with E-state index in [1.165, 1.54) is 24.1 Å². The minimum atomic E-state index is -0.519. The highest BCUT2D eigenvalue weighted by Gasteiger charge is 2.30. The first-order valence-corrected chi connectivity index (χ1v) is 7.48. The van der Waals surface area contributed by atoms with Crippen LogP contribution in [0.15, 0.2) is 41.0 Å². The SMILES string of the molecule is COc1ccc(N(Cc2ccco2)C(=O)C2CCCO2)cc1F. The number of carbonyl (C=O) groups is 1. The summed E-state index contributed by atoms with van der Waals surface area (Å²) in [5, 5.41) is 0. The zero-order chi connectivity index (χ0) is 16.2. The number of ether oxygens (including phenoxy) is 2. The highest BCUT2D eigenvalue weighted by Crippen LogP contribution is 2.27. The van der Waals surface area contributed by atoms with E-state index in [1.54, 1.807) is 24.5 Å². The van der Waals surface area contributed by atoms with E-state index >= 15 is 0 Å². The Bertz CT molecular complexity index is 665. The normalized spacial score (nSPS) is 17.2. The Hall–Kier alpha value is -2.34. The lowest BCUT2D eigenvalue weighted by atomic mass is 10.2. The molecular formula is C17H18FNO4. The Morgan fingerprint density at radius 3 is 2.91 bits per heavy atom. The standard InChI is InChI=1S/C17H18FNO4/c1-21-15-7-6-12(10-14(15)18)19(11-13-4-2-8-22-13)17(20)16-5-3-9-23-16/h2,4,6-8,10,16H,3,5,9,11H2,1H3. The van der Waals surface area contributed by atoms with Gasteiger partial charge >= 0.3 is 0 Å². The summed E-state index contributed by atoms with van der Waals surface area (Å²) in [6, 6.07) is 7.96. The quantitative estimate of drug-likeness (QED) is 0.849. The number of anilines is 1. The van der Waals surface area contributed by atoms with Crippen LogP contribution in [0.1, 0.15) is 18.6 Å². The van der Waals surface area contributed by atoms with Crippen molar-refractivity contribution in [3.8, 4) is 5.75 Å². The maximum absolute atomic E-state index is 14.0. The van der Waals surface area contributed by atoms with Gasteiger partial charge in [0.15, 0.2) is 11.6 Å². The number of furan rings is 1. The first-order chi connectivity index (χ1) is 11.2. The molecular weight excluding hydrogens is 301 g/mol. The topological polar surface area (TPSA) is 51.9 Å². The zero-order valence-corrected chi connectivity index (χ0v) is 12.8. The number of methoxy groups -OCH3 is 1. The molecule has 1 amide bonds. The molecule has 1 aromatic heterocycles. The van der Waals surface area contributed by atoms with E-state index in [9.17, 15) is 9.18 Å². The van der Waals surface area contributed by atoms with Gasteiger partial charge in [0, 0.05) is 18.4 Å². The van der Waals surface area contributed by atoms with Gasteiger partial charge in [-0.25, -0.2) is 4.39 Å². The van der Waals surface area contributed by atoms with Gasteiger partial charge in [0.1, 0.15) is 11.9 Å². The van der Waals surface area contributed by atoms with Crippen LogP contribution in [0.2, 0.25) is 0 Å². The minimum Gasteiger partial charge on any atom is -0.494 e. The van der Waals surface area contributed by atoms with Crippen LogP contribution in [0.4, 0.5) is 10.1 Å². The van der Waals surface area contributed by atoms with Crippen LogP contribution in [0.5, 0.6) is 5.75 Å². The largest absolute Gasteiger partial charge is 0.494 e. The van der Waals surface area contributed by atoms with Crippen LogP contribution in [-0.2, 0) is 16.1 Å². The lowest BCUT2D eigenvalue weighted by molar-refractivity contribution is -0.127. The minimum absolute atomic E-state index is 0.135. The summed E-state index contributed by atoms with van der Waals surface area (Å²) in [6.45, 7) is 0.791. The smallest absolute Gasteiger partial charge is 0.256 e. The first kappa shape index (κ1) is 15.6. The summed E-state index contributed by atoms with van der Waals surface area (Å²) in [5.41, 5.74) is 0.445. The van der Waals surface area contributed by atoms with Gasteiger partial charge in [0.05, 0.1) is 19.9 Å². The van der Waals surface area contributed by atoms with Crippen LogP contribution >= 0.6 is 0 Å². The number of rotatable bonds is 5. The number of amides is 1. The van der Waals surface area contributed by atoms with Crippen molar-refractivity contribution in [1.29, 1.82) is 0 Å². The second-order valence-electron chi connectivity index (χ2n) is 5.32. The predicted molar refractivity (Wildman–Crippen MR) is 81.8 cm³/mol. The monoisotopic (exact) mass is 319 g/mol. The molecule has 0 aliphatic carbocycles. The van der Waals surface area contributed by atoms with Gasteiger partial charge in [-0.05, 0) is 37.1 Å². The van der Waals surface area contributed by atoms with Crippen molar-refractivity contribution in [3.05, 3.63) is 48.2 Å². The highest BCUT2D eigenvalue weighted by molar-refractivity contribution is 5.96. The second-order valence-corrected chi connectivity index (χ2v) is 5.32. The van der Waals surface area contributed by atoms with Gasteiger partial charge in [-0.3, -0.25) is 4.79 Å². The molecule has 0 radical (unpaired) electrons. The van der Waals surface area contributed by atoms with E-state index in [4.69, 9.17) is 13.9 Å². The molecule has 1 aromatic carbocycles. The Morgan fingerprint density at radius 2 is 2.30 bits per heavy atom. The van der Waals surface area contributed by atoms with Crippen molar-refractivity contribution in [3.63, 3.8) is 0 Å². The van der Waals surface area contributed by atoms with Crippen molar-refractivity contribution in [1.82, 2.24) is 0 Å². The fraction of sp³-hybridized carbons (Fsp3) is 0.353. The maximum Gasteiger partial charge on any atom is 0.256 e. The third kappa shape index (κ3) is 3.37. The van der Waals surface area contributed by atoms with Gasteiger partial charge in [-0.2, -0.15) is 0 Å². The lowest BCUT2D eigenvalue weighted by Crippen LogP contribution is -2.38. The number of hydrogen-bond acceptors (Lipinski definition) is 4. The molecule has 23 heavy (non-hydrogen) atoms. The number of halogens is 1. The molecule has 1 aliphatic rings. The fourth-order valence-corrected chi connectivity index (χ4v) is 2.62.